The predicted octanol–water partition coefficient (Wildman–Crippen LogP) is 2.66. The third kappa shape index (κ3) is 4.32. The van der Waals surface area contributed by atoms with Crippen LogP contribution in [0.5, 0.6) is 5.75 Å². The first-order chi connectivity index (χ1) is 14.1. The van der Waals surface area contributed by atoms with E-state index < -0.39 is 6.10 Å². The highest BCUT2D eigenvalue weighted by Crippen LogP contribution is 2.33. The van der Waals surface area contributed by atoms with Crippen molar-refractivity contribution in [2.75, 3.05) is 37.7 Å². The molecule has 1 atom stereocenters. The number of para-hydroxylation sites is 2. The Morgan fingerprint density at radius 1 is 1.07 bits per heavy atom. The van der Waals surface area contributed by atoms with Crippen molar-refractivity contribution in [3.05, 3.63) is 65.7 Å². The SMILES string of the molecule is Cc1cccc(/C=C/C(=O)N2CC(C(=O)N3CCOCC3)Oc3ccccc32)c1. The molecule has 0 N–H and O–H groups in total. The molecular formula is C23H24N2O4. The van der Waals surface area contributed by atoms with Crippen molar-refractivity contribution >= 4 is 23.6 Å². The molecule has 150 valence electrons. The monoisotopic (exact) mass is 392 g/mol. The minimum absolute atomic E-state index is 0.108. The Labute approximate surface area is 170 Å². The lowest BCUT2D eigenvalue weighted by Crippen LogP contribution is -2.53. The third-order valence-corrected chi connectivity index (χ3v) is 5.10. The molecule has 2 aliphatic rings. The predicted molar refractivity (Wildman–Crippen MR) is 111 cm³/mol. The number of fused-ring (bicyclic) bond motifs is 1. The number of nitrogens with zero attached hydrogens (tertiary/aromatic N) is 2. The van der Waals surface area contributed by atoms with Crippen molar-refractivity contribution < 1.29 is 19.1 Å². The van der Waals surface area contributed by atoms with Crippen molar-refractivity contribution in [3.63, 3.8) is 0 Å². The number of hydrogen-bond donors (Lipinski definition) is 0. The molecule has 0 bridgehead atoms. The van der Waals surface area contributed by atoms with Crippen LogP contribution in [-0.4, -0.2) is 55.7 Å². The molecule has 2 aromatic carbocycles. The number of ether oxygens (including phenoxy) is 2. The summed E-state index contributed by atoms with van der Waals surface area (Å²) in [6.45, 7) is 4.33. The summed E-state index contributed by atoms with van der Waals surface area (Å²) in [6.07, 6.45) is 2.62. The van der Waals surface area contributed by atoms with Crippen LogP contribution in [0.15, 0.2) is 54.6 Å². The van der Waals surface area contributed by atoms with Gasteiger partial charge in [-0.05, 0) is 30.7 Å². The van der Waals surface area contributed by atoms with Gasteiger partial charge in [0.15, 0.2) is 6.10 Å². The standard InChI is InChI=1S/C23H24N2O4/c1-17-5-4-6-18(15-17)9-10-22(26)25-16-21(23(27)24-11-13-28-14-12-24)29-20-8-3-2-7-19(20)25/h2-10,15,21H,11-14,16H2,1H3/b10-9+. The van der Waals surface area contributed by atoms with E-state index >= 15 is 0 Å². The molecule has 0 aromatic heterocycles. The van der Waals surface area contributed by atoms with Crippen LogP contribution < -0.4 is 9.64 Å². The van der Waals surface area contributed by atoms with Gasteiger partial charge in [0.1, 0.15) is 5.75 Å². The van der Waals surface area contributed by atoms with Gasteiger partial charge in [0, 0.05) is 19.2 Å². The molecule has 2 amide bonds. The molecule has 6 heteroatoms. The second-order valence-corrected chi connectivity index (χ2v) is 7.21. The number of anilines is 1. The summed E-state index contributed by atoms with van der Waals surface area (Å²) in [4.78, 5) is 29.3. The van der Waals surface area contributed by atoms with Crippen molar-refractivity contribution in [1.82, 2.24) is 4.90 Å². The molecule has 0 aliphatic carbocycles. The van der Waals surface area contributed by atoms with E-state index in [0.29, 0.717) is 37.7 Å². The quantitative estimate of drug-likeness (QED) is 0.754. The van der Waals surface area contributed by atoms with Crippen LogP contribution in [-0.2, 0) is 14.3 Å². The van der Waals surface area contributed by atoms with Gasteiger partial charge in [-0.25, -0.2) is 0 Å². The van der Waals surface area contributed by atoms with Crippen molar-refractivity contribution in [1.29, 1.82) is 0 Å². The lowest BCUT2D eigenvalue weighted by molar-refractivity contribution is -0.142. The highest BCUT2D eigenvalue weighted by Gasteiger charge is 2.35. The first-order valence-electron chi connectivity index (χ1n) is 9.80. The topological polar surface area (TPSA) is 59.1 Å². The summed E-state index contributed by atoms with van der Waals surface area (Å²) >= 11 is 0. The maximum Gasteiger partial charge on any atom is 0.265 e. The minimum atomic E-state index is -0.723. The summed E-state index contributed by atoms with van der Waals surface area (Å²) < 4.78 is 11.3. The summed E-state index contributed by atoms with van der Waals surface area (Å²) in [7, 11) is 0. The fraction of sp³-hybridized carbons (Fsp3) is 0.304. The Hall–Kier alpha value is -3.12. The zero-order valence-electron chi connectivity index (χ0n) is 16.4. The van der Waals surface area contributed by atoms with E-state index in [9.17, 15) is 9.59 Å². The number of carbonyl (C=O) groups excluding carboxylic acids is 2. The number of aryl methyl sites for hydroxylation is 1. The Morgan fingerprint density at radius 2 is 1.86 bits per heavy atom. The van der Waals surface area contributed by atoms with E-state index in [1.54, 1.807) is 28.0 Å². The van der Waals surface area contributed by atoms with Crippen LogP contribution in [0.3, 0.4) is 0 Å². The number of amides is 2. The fourth-order valence-electron chi connectivity index (χ4n) is 3.59. The zero-order valence-corrected chi connectivity index (χ0v) is 16.4. The molecule has 29 heavy (non-hydrogen) atoms. The largest absolute Gasteiger partial charge is 0.476 e. The van der Waals surface area contributed by atoms with Crippen LogP contribution in [0, 0.1) is 6.92 Å². The Kier molecular flexibility index (Phi) is 5.62. The Morgan fingerprint density at radius 3 is 2.66 bits per heavy atom. The van der Waals surface area contributed by atoms with E-state index in [1.807, 2.05) is 49.4 Å². The highest BCUT2D eigenvalue weighted by atomic mass is 16.5. The zero-order chi connectivity index (χ0) is 20.2. The smallest absolute Gasteiger partial charge is 0.265 e. The Balaban J connectivity index is 1.56. The average molecular weight is 392 g/mol. The van der Waals surface area contributed by atoms with Gasteiger partial charge in [0.2, 0.25) is 0 Å². The summed E-state index contributed by atoms with van der Waals surface area (Å²) in [5, 5.41) is 0. The van der Waals surface area contributed by atoms with Gasteiger partial charge in [-0.1, -0.05) is 42.0 Å². The molecule has 0 spiro atoms. The van der Waals surface area contributed by atoms with E-state index in [4.69, 9.17) is 9.47 Å². The van der Waals surface area contributed by atoms with Gasteiger partial charge in [0.05, 0.1) is 25.4 Å². The number of morpholine rings is 1. The highest BCUT2D eigenvalue weighted by molar-refractivity contribution is 6.05. The first kappa shape index (κ1) is 19.2. The number of rotatable bonds is 3. The molecule has 2 aliphatic heterocycles. The van der Waals surface area contributed by atoms with Gasteiger partial charge >= 0.3 is 0 Å². The lowest BCUT2D eigenvalue weighted by Gasteiger charge is -2.37. The average Bonchev–Trinajstić information content (AvgIpc) is 2.77. The van der Waals surface area contributed by atoms with Gasteiger partial charge in [0.25, 0.3) is 11.8 Å². The summed E-state index contributed by atoms with van der Waals surface area (Å²) in [5.41, 5.74) is 2.77. The number of benzene rings is 2. The summed E-state index contributed by atoms with van der Waals surface area (Å²) in [5.74, 6) is 0.257. The van der Waals surface area contributed by atoms with Crippen LogP contribution in [0.4, 0.5) is 5.69 Å². The van der Waals surface area contributed by atoms with E-state index in [1.165, 1.54) is 0 Å². The molecule has 1 unspecified atom stereocenters. The van der Waals surface area contributed by atoms with Gasteiger partial charge in [-0.2, -0.15) is 0 Å². The molecule has 4 rings (SSSR count). The second-order valence-electron chi connectivity index (χ2n) is 7.21. The first-order valence-corrected chi connectivity index (χ1v) is 9.80. The van der Waals surface area contributed by atoms with E-state index in [2.05, 4.69) is 0 Å². The molecule has 0 radical (unpaired) electrons. The molecular weight excluding hydrogens is 368 g/mol. The molecule has 0 saturated carbocycles. The minimum Gasteiger partial charge on any atom is -0.476 e. The fourth-order valence-corrected chi connectivity index (χ4v) is 3.59. The van der Waals surface area contributed by atoms with Crippen LogP contribution >= 0.6 is 0 Å². The maximum atomic E-state index is 13.0. The third-order valence-electron chi connectivity index (χ3n) is 5.10. The van der Waals surface area contributed by atoms with Gasteiger partial charge < -0.3 is 19.3 Å². The normalized spacial score (nSPS) is 19.0. The maximum absolute atomic E-state index is 13.0. The molecule has 1 saturated heterocycles. The second kappa shape index (κ2) is 8.49. The number of carbonyl (C=O) groups is 2. The lowest BCUT2D eigenvalue weighted by atomic mass is 10.1. The Bertz CT molecular complexity index is 934. The molecule has 2 heterocycles. The van der Waals surface area contributed by atoms with Crippen LogP contribution in [0.1, 0.15) is 11.1 Å². The van der Waals surface area contributed by atoms with Crippen LogP contribution in [0.25, 0.3) is 6.08 Å². The molecule has 1 fully saturated rings. The van der Waals surface area contributed by atoms with Crippen molar-refractivity contribution in [2.24, 2.45) is 0 Å². The van der Waals surface area contributed by atoms with E-state index in [0.717, 1.165) is 11.1 Å². The van der Waals surface area contributed by atoms with Crippen molar-refractivity contribution in [2.45, 2.75) is 13.0 Å². The van der Waals surface area contributed by atoms with Crippen molar-refractivity contribution in [3.8, 4) is 5.75 Å². The number of hydrogen-bond acceptors (Lipinski definition) is 4. The van der Waals surface area contributed by atoms with Crippen LogP contribution in [0.2, 0.25) is 0 Å². The molecule has 6 nitrogen and oxygen atoms in total. The molecule has 2 aromatic rings. The summed E-state index contributed by atoms with van der Waals surface area (Å²) in [6, 6.07) is 15.3. The van der Waals surface area contributed by atoms with Gasteiger partial charge in [-0.15, -0.1) is 0 Å². The van der Waals surface area contributed by atoms with E-state index in [-0.39, 0.29) is 18.4 Å². The van der Waals surface area contributed by atoms with Gasteiger partial charge in [-0.3, -0.25) is 9.59 Å².